The molecule has 3 nitrogen and oxygen atoms in total. The van der Waals surface area contributed by atoms with Gasteiger partial charge in [0.05, 0.1) is 88.3 Å². The molecule has 0 aliphatic carbocycles. The lowest BCUT2D eigenvalue weighted by Gasteiger charge is -2.16. The van der Waals surface area contributed by atoms with Gasteiger partial charge in [-0.3, -0.25) is 0 Å². The molecule has 3 heterocycles. The van der Waals surface area contributed by atoms with Crippen LogP contribution < -0.4 is 0 Å². The van der Waals surface area contributed by atoms with Crippen LogP contribution in [0.5, 0.6) is 0 Å². The van der Waals surface area contributed by atoms with Crippen LogP contribution in [0.25, 0.3) is 105 Å². The number of aromatic nitrogens is 3. The van der Waals surface area contributed by atoms with Crippen LogP contribution in [0.3, 0.4) is 0 Å². The zero-order valence-electron chi connectivity index (χ0n) is 60.6. The van der Waals surface area contributed by atoms with Gasteiger partial charge >= 0.3 is 0 Å². The summed E-state index contributed by atoms with van der Waals surface area (Å²) in [6, 6.07) is -26.2. The Hall–Kier alpha value is -7.62. The first kappa shape index (κ1) is 13.5. The van der Waals surface area contributed by atoms with Crippen LogP contribution in [0.15, 0.2) is 212 Å². The summed E-state index contributed by atoms with van der Waals surface area (Å²) in [5.41, 5.74) is -8.05. The summed E-state index contributed by atoms with van der Waals surface area (Å²) in [5.74, 6) is 0. The Labute approximate surface area is 374 Å². The summed E-state index contributed by atoms with van der Waals surface area (Å²) in [6.07, 6.45) is 0. The van der Waals surface area contributed by atoms with Gasteiger partial charge in [0.25, 0.3) is 0 Å². The molecule has 0 saturated heterocycles. The number of para-hydroxylation sites is 5. The highest BCUT2D eigenvalue weighted by Gasteiger charge is 2.23. The Bertz CT molecular complexity index is 5180. The van der Waals surface area contributed by atoms with Gasteiger partial charge in [-0.1, -0.05) is 151 Å². The molecule has 0 spiro atoms. The van der Waals surface area contributed by atoms with Gasteiger partial charge in [-0.15, -0.1) is 0 Å². The molecule has 0 radical (unpaired) electrons. The topological polar surface area (TPSA) is 14.8 Å². The van der Waals surface area contributed by atoms with E-state index in [1.165, 1.54) is 0 Å². The van der Waals surface area contributed by atoms with E-state index in [1.807, 2.05) is 0 Å². The third-order valence-corrected chi connectivity index (χ3v) is 9.63. The fraction of sp³-hybridized carbons (Fsp3) is 0. The molecule has 0 atom stereocenters. The number of nitrogens with zero attached hydrogens (tertiary/aromatic N) is 3. The third-order valence-electron chi connectivity index (χ3n) is 9.63. The largest absolute Gasteiger partial charge is 0.309 e. The van der Waals surface area contributed by atoms with Crippen LogP contribution in [0.4, 0.5) is 0 Å². The van der Waals surface area contributed by atoms with Crippen molar-refractivity contribution in [3.8, 4) is 39.3 Å². The molecule has 3 heteroatoms. The van der Waals surface area contributed by atoms with E-state index in [9.17, 15) is 16.4 Å². The normalized spacial score (nSPS) is 19.7. The smallest absolute Gasteiger partial charge is 0.0782 e. The Morgan fingerprint density at radius 3 is 1.30 bits per heavy atom. The van der Waals surface area contributed by atoms with Gasteiger partial charge < -0.3 is 13.7 Å². The van der Waals surface area contributed by atoms with E-state index in [0.29, 0.717) is 0 Å². The number of fused-ring (bicyclic) bond motifs is 9. The van der Waals surface area contributed by atoms with Crippen LogP contribution in [0.1, 0.15) is 43.9 Å². The molecule has 3 aromatic heterocycles. The maximum Gasteiger partial charge on any atom is 0.0782 e. The highest BCUT2D eigenvalue weighted by molar-refractivity contribution is 6.18. The van der Waals surface area contributed by atoms with Gasteiger partial charge in [0.1, 0.15) is 0 Å². The van der Waals surface area contributed by atoms with Crippen molar-refractivity contribution >= 4 is 65.4 Å². The molecule has 0 N–H and O–H groups in total. The molecule has 0 aliphatic heterocycles. The van der Waals surface area contributed by atoms with E-state index in [0.717, 1.165) is 31.9 Å². The van der Waals surface area contributed by atoms with Crippen LogP contribution in [-0.4, -0.2) is 13.7 Å². The van der Waals surface area contributed by atoms with Crippen molar-refractivity contribution in [2.24, 2.45) is 0 Å². The number of rotatable bonds is 5. The highest BCUT2D eigenvalue weighted by atomic mass is 15.1. The second kappa shape index (κ2) is 12.5. The van der Waals surface area contributed by atoms with Gasteiger partial charge in [-0.05, 0) is 82.7 Å². The number of hydrogen-bond donors (Lipinski definition) is 0. The van der Waals surface area contributed by atoms with Crippen molar-refractivity contribution < 1.29 is 43.9 Å². The Morgan fingerprint density at radius 2 is 0.702 bits per heavy atom. The minimum atomic E-state index is -1.09. The quantitative estimate of drug-likeness (QED) is 0.166. The maximum absolute atomic E-state index is 10.0. The molecule has 0 bridgehead atoms. The first-order valence-electron chi connectivity index (χ1n) is 33.0. The van der Waals surface area contributed by atoms with Gasteiger partial charge in [0.15, 0.2) is 0 Å². The summed E-state index contributed by atoms with van der Waals surface area (Å²) in [5, 5.41) is -3.73. The van der Waals surface area contributed by atoms with Crippen LogP contribution in [0.2, 0.25) is 0 Å². The molecular weight excluding hydrogens is 691 g/mol. The summed E-state index contributed by atoms with van der Waals surface area (Å²) in [4.78, 5) is 0. The van der Waals surface area contributed by atoms with Crippen LogP contribution in [0, 0.1) is 0 Å². The van der Waals surface area contributed by atoms with Crippen LogP contribution in [-0.2, 0) is 0 Å². The lowest BCUT2D eigenvalue weighted by molar-refractivity contribution is 1.14. The summed E-state index contributed by atoms with van der Waals surface area (Å²) in [6.45, 7) is 0. The van der Waals surface area contributed by atoms with Crippen molar-refractivity contribution in [2.75, 3.05) is 0 Å². The molecule has 0 unspecified atom stereocenters. The van der Waals surface area contributed by atoms with E-state index in [-0.39, 0.29) is 11.1 Å². The van der Waals surface area contributed by atoms with Crippen molar-refractivity contribution in [1.29, 1.82) is 0 Å². The van der Waals surface area contributed by atoms with E-state index in [4.69, 9.17) is 27.4 Å². The van der Waals surface area contributed by atoms with Crippen molar-refractivity contribution in [3.05, 3.63) is 212 Å². The SMILES string of the molecule is [2H]c1c([2H])c([2H])c(-c2cc(-c3c([2H])c([2H])c([2H])c([2H])c3[2H])cc(-n3c4c([2H])c([2H])c([2H])c([2H])c4c4c(-n5c6c([2H])c([2H])c([2H])c([2H])c6c6c([2H])c([2H])c([2H])c(-n7c8c([2H])c([2H])c([2H])c([2H])c8c8c([2H])c([2H])c([2H])c([2H])c87)c65)c([2H])c([2H])c([2H])c43)c2)c([2H])c1[2H]. The lowest BCUT2D eigenvalue weighted by Crippen LogP contribution is -2.01. The summed E-state index contributed by atoms with van der Waals surface area (Å²) < 4.78 is 295. The van der Waals surface area contributed by atoms with E-state index in [1.54, 1.807) is 0 Å². The van der Waals surface area contributed by atoms with Crippen molar-refractivity contribution in [2.45, 2.75) is 0 Å². The molecule has 12 aromatic rings. The van der Waals surface area contributed by atoms with E-state index >= 15 is 0 Å². The first-order valence-corrected chi connectivity index (χ1v) is 17.0. The molecular formula is C54H35N3. The Balaban J connectivity index is 1.41. The van der Waals surface area contributed by atoms with Crippen LogP contribution >= 0.6 is 0 Å². The lowest BCUT2D eigenvalue weighted by atomic mass is 9.98. The molecule has 57 heavy (non-hydrogen) atoms. The predicted molar refractivity (Wildman–Crippen MR) is 240 cm³/mol. The minimum Gasteiger partial charge on any atom is -0.309 e. The number of hydrogen-bond acceptors (Lipinski definition) is 0. The molecule has 0 fully saturated rings. The Kier molecular flexibility index (Phi) is 2.96. The monoisotopic (exact) mass is 757 g/mol. The predicted octanol–water partition coefficient (Wildman–Crippen LogP) is 14.3. The van der Waals surface area contributed by atoms with Gasteiger partial charge in [-0.25, -0.2) is 0 Å². The molecule has 12 rings (SSSR count). The molecule has 9 aromatic carbocycles. The highest BCUT2D eigenvalue weighted by Crippen LogP contribution is 2.43. The molecule has 0 aliphatic rings. The average molecular weight is 758 g/mol. The maximum atomic E-state index is 10.0. The molecule has 0 saturated carbocycles. The fourth-order valence-electron chi connectivity index (χ4n) is 7.39. The zero-order valence-corrected chi connectivity index (χ0v) is 28.6. The van der Waals surface area contributed by atoms with E-state index in [2.05, 4.69) is 0 Å². The standard InChI is InChI=1S/C54H35N3/c1-3-17-36(18-4-1)38-33-39(37-19-5-2-6-20-37)35-40(34-38)55-49-29-14-10-24-45(49)53-50(55)30-16-31-51(53)57-48-28-13-9-23-43(48)44-25-15-32-52(54(44)57)56-46-26-11-7-21-41(46)42-22-8-12-27-47(42)56/h1-35H/i1D,2D,3D,4D,5D,6D,7D,8D,9D,10D,11D,12D,13D,14D,15D,16D,17D,18D,19D,20D,21D,22D,23D,24D,25D,26D,27D,28D,29D,30D,31D,32D. The van der Waals surface area contributed by atoms with E-state index < -0.39 is 287 Å². The summed E-state index contributed by atoms with van der Waals surface area (Å²) >= 11 is 0. The fourth-order valence-corrected chi connectivity index (χ4v) is 7.39. The summed E-state index contributed by atoms with van der Waals surface area (Å²) in [7, 11) is 0. The third kappa shape index (κ3) is 4.73. The van der Waals surface area contributed by atoms with Gasteiger partial charge in [0.2, 0.25) is 0 Å². The Morgan fingerprint density at radius 1 is 0.281 bits per heavy atom. The number of benzene rings is 9. The minimum absolute atomic E-state index is 0.352. The molecule has 0 amide bonds. The second-order valence-corrected chi connectivity index (χ2v) is 12.6. The van der Waals surface area contributed by atoms with Crippen molar-refractivity contribution in [1.82, 2.24) is 13.7 Å². The zero-order chi connectivity index (χ0) is 65.3. The van der Waals surface area contributed by atoms with Gasteiger partial charge in [0, 0.05) is 38.0 Å². The van der Waals surface area contributed by atoms with Crippen molar-refractivity contribution in [3.63, 3.8) is 0 Å². The average Bonchev–Trinajstić information content (AvgIpc) is 1.53. The van der Waals surface area contributed by atoms with Gasteiger partial charge in [-0.2, -0.15) is 0 Å². The second-order valence-electron chi connectivity index (χ2n) is 12.6. The molecule has 266 valence electrons. The first-order chi connectivity index (χ1) is 41.6.